The van der Waals surface area contributed by atoms with E-state index >= 15 is 0 Å². The lowest BCUT2D eigenvalue weighted by molar-refractivity contribution is -0.129. The van der Waals surface area contributed by atoms with E-state index in [1.54, 1.807) is 0 Å². The minimum atomic E-state index is 0.221. The summed E-state index contributed by atoms with van der Waals surface area (Å²) in [5, 5.41) is 0.447. The third-order valence-electron chi connectivity index (χ3n) is 4.16. The van der Waals surface area contributed by atoms with Gasteiger partial charge in [-0.1, -0.05) is 19.4 Å². The topological polar surface area (TPSA) is 38.1 Å². The second-order valence-corrected chi connectivity index (χ2v) is 6.26. The van der Waals surface area contributed by atoms with Crippen LogP contribution in [0.15, 0.2) is 18.2 Å². The molecule has 1 saturated heterocycles. The van der Waals surface area contributed by atoms with Crippen molar-refractivity contribution in [2.24, 2.45) is 5.92 Å². The largest absolute Gasteiger partial charge is 0.324 e. The van der Waals surface area contributed by atoms with E-state index in [1.165, 1.54) is 0 Å². The van der Waals surface area contributed by atoms with Gasteiger partial charge >= 0.3 is 0 Å². The highest BCUT2D eigenvalue weighted by atomic mass is 35.5. The molecule has 5 heteroatoms. The summed E-state index contributed by atoms with van der Waals surface area (Å²) in [6.45, 7) is 5.52. The standard InChI is InChI=1S/C16H20ClN3O/c1-3-4-12-8-15(21)19(9-12)10-20-14-6-5-11(2)7-13(14)18-16(20)17/h5-7,12H,3-4,8-10H2,1-2H3. The van der Waals surface area contributed by atoms with Gasteiger partial charge in [0.1, 0.15) is 6.67 Å². The van der Waals surface area contributed by atoms with Crippen LogP contribution >= 0.6 is 11.6 Å². The Bertz CT molecular complexity index is 679. The van der Waals surface area contributed by atoms with Crippen molar-refractivity contribution in [3.05, 3.63) is 29.0 Å². The number of carbonyl (C=O) groups excluding carboxylic acids is 1. The molecule has 112 valence electrons. The molecular formula is C16H20ClN3O. The van der Waals surface area contributed by atoms with Gasteiger partial charge in [0.15, 0.2) is 0 Å². The van der Waals surface area contributed by atoms with E-state index in [2.05, 4.69) is 11.9 Å². The van der Waals surface area contributed by atoms with Crippen molar-refractivity contribution in [3.8, 4) is 0 Å². The Kier molecular flexibility index (Phi) is 3.89. The Morgan fingerprint density at radius 2 is 2.24 bits per heavy atom. The van der Waals surface area contributed by atoms with Gasteiger partial charge in [-0.3, -0.25) is 9.36 Å². The number of aromatic nitrogens is 2. The molecule has 0 spiro atoms. The lowest BCUT2D eigenvalue weighted by Gasteiger charge is -2.18. The van der Waals surface area contributed by atoms with Crippen molar-refractivity contribution in [1.82, 2.24) is 14.5 Å². The average Bonchev–Trinajstić information content (AvgIpc) is 2.91. The summed E-state index contributed by atoms with van der Waals surface area (Å²) in [5.74, 6) is 0.705. The van der Waals surface area contributed by atoms with E-state index in [1.807, 2.05) is 34.6 Å². The van der Waals surface area contributed by atoms with Crippen molar-refractivity contribution in [1.29, 1.82) is 0 Å². The number of nitrogens with zero attached hydrogens (tertiary/aromatic N) is 3. The average molecular weight is 306 g/mol. The normalized spacial score (nSPS) is 18.9. The SMILES string of the molecule is CCCC1CC(=O)N(Cn2c(Cl)nc3cc(C)ccc32)C1. The molecule has 4 nitrogen and oxygen atoms in total. The summed E-state index contributed by atoms with van der Waals surface area (Å²) in [6, 6.07) is 6.08. The predicted molar refractivity (Wildman–Crippen MR) is 84.2 cm³/mol. The molecule has 1 aromatic heterocycles. The molecule has 3 rings (SSSR count). The summed E-state index contributed by atoms with van der Waals surface area (Å²) >= 11 is 6.26. The quantitative estimate of drug-likeness (QED) is 0.865. The van der Waals surface area contributed by atoms with Crippen LogP contribution in [0.2, 0.25) is 5.28 Å². The highest BCUT2D eigenvalue weighted by molar-refractivity contribution is 6.29. The van der Waals surface area contributed by atoms with E-state index in [0.717, 1.165) is 36.0 Å². The van der Waals surface area contributed by atoms with Crippen LogP contribution in [0.4, 0.5) is 0 Å². The molecule has 2 heterocycles. The molecule has 0 aliphatic carbocycles. The van der Waals surface area contributed by atoms with Gasteiger partial charge in [0, 0.05) is 13.0 Å². The van der Waals surface area contributed by atoms with Crippen molar-refractivity contribution in [2.45, 2.75) is 39.8 Å². The first-order chi connectivity index (χ1) is 10.1. The van der Waals surface area contributed by atoms with Crippen molar-refractivity contribution in [3.63, 3.8) is 0 Å². The molecule has 1 atom stereocenters. The molecule has 1 amide bonds. The summed E-state index contributed by atoms with van der Waals surface area (Å²) in [5.41, 5.74) is 3.03. The number of rotatable bonds is 4. The number of hydrogen-bond acceptors (Lipinski definition) is 2. The first kappa shape index (κ1) is 14.4. The van der Waals surface area contributed by atoms with Crippen LogP contribution in [0.5, 0.6) is 0 Å². The number of amides is 1. The molecule has 1 aliphatic heterocycles. The molecule has 0 N–H and O–H groups in total. The molecule has 21 heavy (non-hydrogen) atoms. The Balaban J connectivity index is 1.85. The molecule has 0 saturated carbocycles. The van der Waals surface area contributed by atoms with E-state index in [-0.39, 0.29) is 5.91 Å². The van der Waals surface area contributed by atoms with Gasteiger partial charge < -0.3 is 4.90 Å². The molecule has 1 aromatic carbocycles. The lowest BCUT2D eigenvalue weighted by atomic mass is 10.0. The van der Waals surface area contributed by atoms with Gasteiger partial charge in [0.05, 0.1) is 11.0 Å². The fraction of sp³-hybridized carbons (Fsp3) is 0.500. The number of imidazole rings is 1. The van der Waals surface area contributed by atoms with E-state index in [9.17, 15) is 4.79 Å². The second kappa shape index (κ2) is 5.68. The summed E-state index contributed by atoms with van der Waals surface area (Å²) < 4.78 is 1.92. The van der Waals surface area contributed by atoms with Gasteiger partial charge in [-0.05, 0) is 48.6 Å². The van der Waals surface area contributed by atoms with E-state index in [0.29, 0.717) is 24.3 Å². The fourth-order valence-electron chi connectivity index (χ4n) is 3.11. The van der Waals surface area contributed by atoms with E-state index in [4.69, 9.17) is 11.6 Å². The monoisotopic (exact) mass is 305 g/mol. The number of carbonyl (C=O) groups is 1. The molecule has 0 radical (unpaired) electrons. The van der Waals surface area contributed by atoms with Gasteiger partial charge in [0.25, 0.3) is 0 Å². The van der Waals surface area contributed by atoms with Crippen molar-refractivity contribution in [2.75, 3.05) is 6.54 Å². The van der Waals surface area contributed by atoms with Gasteiger partial charge in [-0.15, -0.1) is 0 Å². The Morgan fingerprint density at radius 1 is 1.43 bits per heavy atom. The van der Waals surface area contributed by atoms with Gasteiger partial charge in [-0.25, -0.2) is 4.98 Å². The number of benzene rings is 1. The Labute approximate surface area is 129 Å². The Morgan fingerprint density at radius 3 is 3.00 bits per heavy atom. The second-order valence-electron chi connectivity index (χ2n) is 5.92. The summed E-state index contributed by atoms with van der Waals surface area (Å²) in [4.78, 5) is 18.4. The number of likely N-dealkylation sites (tertiary alicyclic amines) is 1. The maximum Gasteiger partial charge on any atom is 0.224 e. The third-order valence-corrected chi connectivity index (χ3v) is 4.45. The van der Waals surface area contributed by atoms with Gasteiger partial charge in [0.2, 0.25) is 11.2 Å². The van der Waals surface area contributed by atoms with Crippen LogP contribution in [-0.2, 0) is 11.5 Å². The Hall–Kier alpha value is -1.55. The summed E-state index contributed by atoms with van der Waals surface area (Å²) in [7, 11) is 0. The maximum atomic E-state index is 12.1. The first-order valence-corrected chi connectivity index (χ1v) is 7.86. The molecular weight excluding hydrogens is 286 g/mol. The van der Waals surface area contributed by atoms with Crippen LogP contribution < -0.4 is 0 Å². The molecule has 1 aliphatic rings. The molecule has 1 fully saturated rings. The lowest BCUT2D eigenvalue weighted by Crippen LogP contribution is -2.28. The van der Waals surface area contributed by atoms with Crippen LogP contribution in [0.1, 0.15) is 31.7 Å². The number of fused-ring (bicyclic) bond motifs is 1. The summed E-state index contributed by atoms with van der Waals surface area (Å²) in [6.07, 6.45) is 2.90. The number of halogens is 1. The molecule has 2 aromatic rings. The zero-order chi connectivity index (χ0) is 15.0. The third kappa shape index (κ3) is 2.77. The van der Waals surface area contributed by atoms with Crippen LogP contribution in [0.25, 0.3) is 11.0 Å². The number of aryl methyl sites for hydroxylation is 1. The minimum absolute atomic E-state index is 0.221. The minimum Gasteiger partial charge on any atom is -0.324 e. The highest BCUT2D eigenvalue weighted by Gasteiger charge is 2.29. The predicted octanol–water partition coefficient (Wildman–Crippen LogP) is 3.60. The smallest absolute Gasteiger partial charge is 0.224 e. The van der Waals surface area contributed by atoms with Crippen LogP contribution in [0.3, 0.4) is 0 Å². The first-order valence-electron chi connectivity index (χ1n) is 7.48. The zero-order valence-electron chi connectivity index (χ0n) is 12.5. The van der Waals surface area contributed by atoms with Gasteiger partial charge in [-0.2, -0.15) is 0 Å². The van der Waals surface area contributed by atoms with E-state index < -0.39 is 0 Å². The molecule has 1 unspecified atom stereocenters. The van der Waals surface area contributed by atoms with Crippen LogP contribution in [0, 0.1) is 12.8 Å². The van der Waals surface area contributed by atoms with Crippen molar-refractivity contribution >= 4 is 28.5 Å². The highest BCUT2D eigenvalue weighted by Crippen LogP contribution is 2.26. The zero-order valence-corrected chi connectivity index (χ0v) is 13.2. The fourth-order valence-corrected chi connectivity index (χ4v) is 3.34. The number of hydrogen-bond donors (Lipinski definition) is 0. The van der Waals surface area contributed by atoms with Crippen molar-refractivity contribution < 1.29 is 4.79 Å². The van der Waals surface area contributed by atoms with Crippen LogP contribution in [-0.4, -0.2) is 26.9 Å². The molecule has 0 bridgehead atoms. The maximum absolute atomic E-state index is 12.1.